The van der Waals surface area contributed by atoms with Crippen molar-refractivity contribution in [2.75, 3.05) is 14.2 Å². The molecule has 22 heavy (non-hydrogen) atoms. The molecule has 0 spiro atoms. The van der Waals surface area contributed by atoms with E-state index in [4.69, 9.17) is 14.6 Å². The summed E-state index contributed by atoms with van der Waals surface area (Å²) >= 11 is 0. The molecule has 1 aromatic carbocycles. The molecule has 0 aliphatic heterocycles. The molecule has 2 aromatic rings. The molecule has 1 heterocycles. The van der Waals surface area contributed by atoms with Gasteiger partial charge in [0, 0.05) is 6.07 Å². The quantitative estimate of drug-likeness (QED) is 0.915. The third-order valence-corrected chi connectivity index (χ3v) is 2.66. The first-order valence-electron chi connectivity index (χ1n) is 5.95. The SMILES string of the molecule is COc1cc(F)ccc1Oc1nc(OC)c(F)cc1C(=O)O. The van der Waals surface area contributed by atoms with Crippen molar-refractivity contribution < 1.29 is 32.9 Å². The van der Waals surface area contributed by atoms with Crippen LogP contribution in [0, 0.1) is 11.6 Å². The van der Waals surface area contributed by atoms with Crippen molar-refractivity contribution >= 4 is 5.97 Å². The molecule has 116 valence electrons. The number of nitrogens with zero attached hydrogens (tertiary/aromatic N) is 1. The van der Waals surface area contributed by atoms with Gasteiger partial charge in [0.15, 0.2) is 17.3 Å². The summed E-state index contributed by atoms with van der Waals surface area (Å²) in [7, 11) is 2.46. The largest absolute Gasteiger partial charge is 0.493 e. The van der Waals surface area contributed by atoms with Crippen LogP contribution in [-0.4, -0.2) is 30.3 Å². The predicted molar refractivity (Wildman–Crippen MR) is 70.7 cm³/mol. The molecule has 0 aliphatic rings. The molecular formula is C14H11F2NO5. The lowest BCUT2D eigenvalue weighted by Crippen LogP contribution is -2.05. The number of aromatic carboxylic acids is 1. The van der Waals surface area contributed by atoms with Crippen LogP contribution in [0.15, 0.2) is 24.3 Å². The van der Waals surface area contributed by atoms with Crippen molar-refractivity contribution in [3.8, 4) is 23.3 Å². The highest BCUT2D eigenvalue weighted by molar-refractivity contribution is 5.90. The second kappa shape index (κ2) is 6.25. The Kier molecular flexibility index (Phi) is 4.40. The average molecular weight is 311 g/mol. The average Bonchev–Trinajstić information content (AvgIpc) is 2.49. The highest BCUT2D eigenvalue weighted by Crippen LogP contribution is 2.34. The van der Waals surface area contributed by atoms with Crippen LogP contribution in [0.2, 0.25) is 0 Å². The summed E-state index contributed by atoms with van der Waals surface area (Å²) in [5.41, 5.74) is -0.510. The number of hydrogen-bond acceptors (Lipinski definition) is 5. The number of carboxylic acid groups (broad SMARTS) is 1. The number of halogens is 2. The van der Waals surface area contributed by atoms with Crippen LogP contribution in [0.1, 0.15) is 10.4 Å². The Morgan fingerprint density at radius 1 is 1.09 bits per heavy atom. The van der Waals surface area contributed by atoms with Crippen molar-refractivity contribution in [3.63, 3.8) is 0 Å². The van der Waals surface area contributed by atoms with Gasteiger partial charge in [0.25, 0.3) is 5.88 Å². The van der Waals surface area contributed by atoms with Gasteiger partial charge in [-0.1, -0.05) is 0 Å². The maximum atomic E-state index is 13.5. The van der Waals surface area contributed by atoms with E-state index in [1.54, 1.807) is 0 Å². The van der Waals surface area contributed by atoms with Crippen molar-refractivity contribution in [1.29, 1.82) is 0 Å². The Bertz CT molecular complexity index is 721. The number of pyridine rings is 1. The molecule has 0 saturated heterocycles. The Morgan fingerprint density at radius 3 is 2.41 bits per heavy atom. The van der Waals surface area contributed by atoms with Crippen LogP contribution in [0.4, 0.5) is 8.78 Å². The van der Waals surface area contributed by atoms with Crippen LogP contribution < -0.4 is 14.2 Å². The predicted octanol–water partition coefficient (Wildman–Crippen LogP) is 2.87. The van der Waals surface area contributed by atoms with Crippen molar-refractivity contribution in [3.05, 3.63) is 41.5 Å². The van der Waals surface area contributed by atoms with Crippen molar-refractivity contribution in [1.82, 2.24) is 4.98 Å². The minimum Gasteiger partial charge on any atom is -0.493 e. The third-order valence-electron chi connectivity index (χ3n) is 2.66. The molecule has 0 radical (unpaired) electrons. The second-order valence-electron chi connectivity index (χ2n) is 4.03. The van der Waals surface area contributed by atoms with E-state index in [0.29, 0.717) is 0 Å². The summed E-state index contributed by atoms with van der Waals surface area (Å²) < 4.78 is 41.6. The van der Waals surface area contributed by atoms with Gasteiger partial charge in [0.05, 0.1) is 14.2 Å². The number of hydrogen-bond donors (Lipinski definition) is 1. The molecule has 6 nitrogen and oxygen atoms in total. The van der Waals surface area contributed by atoms with Crippen LogP contribution >= 0.6 is 0 Å². The van der Waals surface area contributed by atoms with Crippen molar-refractivity contribution in [2.24, 2.45) is 0 Å². The summed E-state index contributed by atoms with van der Waals surface area (Å²) in [6.45, 7) is 0. The lowest BCUT2D eigenvalue weighted by atomic mass is 10.2. The maximum Gasteiger partial charge on any atom is 0.341 e. The summed E-state index contributed by atoms with van der Waals surface area (Å²) in [6.07, 6.45) is 0. The van der Waals surface area contributed by atoms with Gasteiger partial charge >= 0.3 is 5.97 Å². The van der Waals surface area contributed by atoms with Crippen LogP contribution in [-0.2, 0) is 0 Å². The van der Waals surface area contributed by atoms with E-state index in [0.717, 1.165) is 18.2 Å². The zero-order chi connectivity index (χ0) is 16.3. The zero-order valence-electron chi connectivity index (χ0n) is 11.6. The van der Waals surface area contributed by atoms with E-state index in [1.165, 1.54) is 20.3 Å². The molecule has 2 rings (SSSR count). The Hall–Kier alpha value is -2.90. The Labute approximate surface area is 123 Å². The molecule has 0 fully saturated rings. The van der Waals surface area contributed by atoms with E-state index in [-0.39, 0.29) is 11.5 Å². The van der Waals surface area contributed by atoms with Gasteiger partial charge in [-0.2, -0.15) is 4.98 Å². The van der Waals surface area contributed by atoms with Gasteiger partial charge < -0.3 is 19.3 Å². The monoisotopic (exact) mass is 311 g/mol. The van der Waals surface area contributed by atoms with Gasteiger partial charge in [0.1, 0.15) is 11.4 Å². The van der Waals surface area contributed by atoms with Crippen molar-refractivity contribution in [2.45, 2.75) is 0 Å². The smallest absolute Gasteiger partial charge is 0.341 e. The molecule has 0 unspecified atom stereocenters. The third kappa shape index (κ3) is 3.05. The number of rotatable bonds is 5. The van der Waals surface area contributed by atoms with Gasteiger partial charge in [0.2, 0.25) is 5.88 Å². The minimum absolute atomic E-state index is 0.0209. The van der Waals surface area contributed by atoms with Gasteiger partial charge in [-0.15, -0.1) is 0 Å². The second-order valence-corrected chi connectivity index (χ2v) is 4.03. The topological polar surface area (TPSA) is 77.9 Å². The van der Waals surface area contributed by atoms with Gasteiger partial charge in [-0.05, 0) is 18.2 Å². The number of aromatic nitrogens is 1. The van der Waals surface area contributed by atoms with Gasteiger partial charge in [-0.25, -0.2) is 13.6 Å². The van der Waals surface area contributed by atoms with E-state index < -0.39 is 34.9 Å². The number of benzene rings is 1. The number of carboxylic acids is 1. The number of methoxy groups -OCH3 is 2. The fraction of sp³-hybridized carbons (Fsp3) is 0.143. The molecule has 0 aliphatic carbocycles. The number of ether oxygens (including phenoxy) is 3. The molecule has 0 saturated carbocycles. The standard InChI is InChI=1S/C14H11F2NO5/c1-20-11-5-7(15)3-4-10(11)22-12-8(14(18)19)6-9(16)13(17-12)21-2/h3-6H,1-2H3,(H,18,19). The fourth-order valence-corrected chi connectivity index (χ4v) is 1.66. The summed E-state index contributed by atoms with van der Waals surface area (Å²) in [5.74, 6) is -3.73. The summed E-state index contributed by atoms with van der Waals surface area (Å²) in [4.78, 5) is 14.8. The van der Waals surface area contributed by atoms with E-state index in [2.05, 4.69) is 9.72 Å². The Balaban J connectivity index is 2.50. The van der Waals surface area contributed by atoms with E-state index >= 15 is 0 Å². The molecule has 0 atom stereocenters. The van der Waals surface area contributed by atoms with Crippen LogP contribution in [0.25, 0.3) is 0 Å². The van der Waals surface area contributed by atoms with E-state index in [9.17, 15) is 13.6 Å². The molecular weight excluding hydrogens is 300 g/mol. The number of carbonyl (C=O) groups is 1. The summed E-state index contributed by atoms with van der Waals surface area (Å²) in [5, 5.41) is 9.08. The molecule has 0 bridgehead atoms. The van der Waals surface area contributed by atoms with Crippen LogP contribution in [0.3, 0.4) is 0 Å². The fourth-order valence-electron chi connectivity index (χ4n) is 1.66. The lowest BCUT2D eigenvalue weighted by molar-refractivity contribution is 0.0692. The zero-order valence-corrected chi connectivity index (χ0v) is 11.6. The molecule has 0 amide bonds. The maximum absolute atomic E-state index is 13.5. The molecule has 1 aromatic heterocycles. The minimum atomic E-state index is -1.44. The normalized spacial score (nSPS) is 10.2. The first kappa shape index (κ1) is 15.5. The first-order valence-corrected chi connectivity index (χ1v) is 5.95. The van der Waals surface area contributed by atoms with Gasteiger partial charge in [-0.3, -0.25) is 0 Å². The molecule has 8 heteroatoms. The highest BCUT2D eigenvalue weighted by Gasteiger charge is 2.20. The van der Waals surface area contributed by atoms with Crippen LogP contribution in [0.5, 0.6) is 23.3 Å². The molecule has 1 N–H and O–H groups in total. The highest BCUT2D eigenvalue weighted by atomic mass is 19.1. The van der Waals surface area contributed by atoms with E-state index in [1.807, 2.05) is 0 Å². The Morgan fingerprint density at radius 2 is 1.82 bits per heavy atom. The lowest BCUT2D eigenvalue weighted by Gasteiger charge is -2.12. The first-order chi connectivity index (χ1) is 10.5. The summed E-state index contributed by atoms with van der Waals surface area (Å²) in [6, 6.07) is 4.10.